The average Bonchev–Trinajstić information content (AvgIpc) is 2.88. The van der Waals surface area contributed by atoms with E-state index in [2.05, 4.69) is 17.2 Å². The second kappa shape index (κ2) is 7.26. The predicted octanol–water partition coefficient (Wildman–Crippen LogP) is 3.01. The van der Waals surface area contributed by atoms with Crippen LogP contribution in [0, 0.1) is 0 Å². The Bertz CT molecular complexity index is 555. The van der Waals surface area contributed by atoms with Crippen LogP contribution < -0.4 is 14.8 Å². The molecule has 0 fully saturated rings. The molecule has 0 aliphatic rings. The van der Waals surface area contributed by atoms with Crippen LogP contribution in [-0.4, -0.2) is 19.1 Å². The van der Waals surface area contributed by atoms with E-state index in [1.165, 1.54) is 4.88 Å². The first-order valence-electron chi connectivity index (χ1n) is 6.65. The minimum Gasteiger partial charge on any atom is -0.497 e. The molecule has 108 valence electrons. The van der Waals surface area contributed by atoms with Gasteiger partial charge in [-0.25, -0.2) is 4.98 Å². The van der Waals surface area contributed by atoms with Crippen molar-refractivity contribution in [2.45, 2.75) is 26.5 Å². The lowest BCUT2D eigenvalue weighted by Gasteiger charge is -2.05. The summed E-state index contributed by atoms with van der Waals surface area (Å²) >= 11 is 1.71. The van der Waals surface area contributed by atoms with Gasteiger partial charge in [0.25, 0.3) is 0 Å². The van der Waals surface area contributed by atoms with Crippen molar-refractivity contribution in [2.75, 3.05) is 14.2 Å². The highest BCUT2D eigenvalue weighted by atomic mass is 32.1. The Morgan fingerprint density at radius 2 is 2.10 bits per heavy atom. The van der Waals surface area contributed by atoms with E-state index < -0.39 is 0 Å². The van der Waals surface area contributed by atoms with Gasteiger partial charge < -0.3 is 14.8 Å². The van der Waals surface area contributed by atoms with Crippen LogP contribution in [0.4, 0.5) is 0 Å². The molecule has 5 heteroatoms. The van der Waals surface area contributed by atoms with Crippen LogP contribution in [0.3, 0.4) is 0 Å². The van der Waals surface area contributed by atoms with Gasteiger partial charge in [0.1, 0.15) is 23.1 Å². The number of thiazole rings is 1. The first kappa shape index (κ1) is 14.8. The molecule has 0 radical (unpaired) electrons. The number of nitrogens with one attached hydrogen (secondary N) is 1. The van der Waals surface area contributed by atoms with Gasteiger partial charge in [-0.1, -0.05) is 13.0 Å². The lowest BCUT2D eigenvalue weighted by molar-refractivity contribution is 0.303. The predicted molar refractivity (Wildman–Crippen MR) is 81.6 cm³/mol. The summed E-state index contributed by atoms with van der Waals surface area (Å²) in [5.41, 5.74) is 1.16. The van der Waals surface area contributed by atoms with Gasteiger partial charge in [-0.2, -0.15) is 0 Å². The van der Waals surface area contributed by atoms with Gasteiger partial charge in [0.05, 0.1) is 12.8 Å². The van der Waals surface area contributed by atoms with E-state index in [0.717, 1.165) is 35.2 Å². The molecule has 20 heavy (non-hydrogen) atoms. The van der Waals surface area contributed by atoms with Gasteiger partial charge in [-0.15, -0.1) is 11.3 Å². The van der Waals surface area contributed by atoms with Crippen LogP contribution in [0.25, 0.3) is 0 Å². The zero-order valence-corrected chi connectivity index (χ0v) is 12.9. The van der Waals surface area contributed by atoms with Crippen molar-refractivity contribution < 1.29 is 9.47 Å². The standard InChI is InChI=1S/C15H20N2O2S/c1-4-13-14(9-16-2)20-15(17-13)10-19-12-7-5-6-11(8-12)18-3/h5-8,16H,4,9-10H2,1-3H3. The lowest BCUT2D eigenvalue weighted by atomic mass is 10.3. The van der Waals surface area contributed by atoms with E-state index in [0.29, 0.717) is 6.61 Å². The maximum absolute atomic E-state index is 5.77. The van der Waals surface area contributed by atoms with Gasteiger partial charge >= 0.3 is 0 Å². The number of methoxy groups -OCH3 is 1. The summed E-state index contributed by atoms with van der Waals surface area (Å²) in [7, 11) is 3.60. The molecule has 0 unspecified atom stereocenters. The minimum atomic E-state index is 0.495. The van der Waals surface area contributed by atoms with Gasteiger partial charge in [-0.3, -0.25) is 0 Å². The third-order valence-corrected chi connectivity index (χ3v) is 3.97. The SMILES string of the molecule is CCc1nc(COc2cccc(OC)c2)sc1CNC. The first-order valence-corrected chi connectivity index (χ1v) is 7.47. The zero-order valence-electron chi connectivity index (χ0n) is 12.1. The highest BCUT2D eigenvalue weighted by Crippen LogP contribution is 2.23. The Morgan fingerprint density at radius 3 is 2.80 bits per heavy atom. The summed E-state index contributed by atoms with van der Waals surface area (Å²) in [5, 5.41) is 4.18. The normalized spacial score (nSPS) is 10.6. The van der Waals surface area contributed by atoms with E-state index in [1.54, 1.807) is 18.4 Å². The van der Waals surface area contributed by atoms with Crippen molar-refractivity contribution >= 4 is 11.3 Å². The van der Waals surface area contributed by atoms with Crippen LogP contribution >= 0.6 is 11.3 Å². The summed E-state index contributed by atoms with van der Waals surface area (Å²) < 4.78 is 11.0. The third-order valence-electron chi connectivity index (χ3n) is 2.90. The number of hydrogen-bond donors (Lipinski definition) is 1. The summed E-state index contributed by atoms with van der Waals surface area (Å²) in [4.78, 5) is 5.92. The average molecular weight is 292 g/mol. The molecule has 0 aliphatic heterocycles. The largest absolute Gasteiger partial charge is 0.497 e. The molecule has 0 spiro atoms. The zero-order chi connectivity index (χ0) is 14.4. The molecular weight excluding hydrogens is 272 g/mol. The van der Waals surface area contributed by atoms with E-state index in [4.69, 9.17) is 9.47 Å². The summed E-state index contributed by atoms with van der Waals surface area (Å²) in [6.45, 7) is 3.48. The summed E-state index contributed by atoms with van der Waals surface area (Å²) in [5.74, 6) is 1.60. The minimum absolute atomic E-state index is 0.495. The Balaban J connectivity index is 2.02. The van der Waals surface area contributed by atoms with Crippen molar-refractivity contribution in [1.29, 1.82) is 0 Å². The highest BCUT2D eigenvalue weighted by Gasteiger charge is 2.09. The molecule has 1 aromatic heterocycles. The molecule has 0 amide bonds. The van der Waals surface area contributed by atoms with E-state index in [1.807, 2.05) is 31.3 Å². The van der Waals surface area contributed by atoms with E-state index >= 15 is 0 Å². The topological polar surface area (TPSA) is 43.4 Å². The number of rotatable bonds is 7. The molecule has 2 rings (SSSR count). The van der Waals surface area contributed by atoms with Gasteiger partial charge in [0.2, 0.25) is 0 Å². The molecule has 1 aromatic carbocycles. The quantitative estimate of drug-likeness (QED) is 0.852. The van der Waals surface area contributed by atoms with Crippen LogP contribution in [0.1, 0.15) is 22.5 Å². The fourth-order valence-corrected chi connectivity index (χ4v) is 2.99. The molecule has 1 N–H and O–H groups in total. The maximum Gasteiger partial charge on any atom is 0.140 e. The van der Waals surface area contributed by atoms with Crippen LogP contribution in [0.15, 0.2) is 24.3 Å². The summed E-state index contributed by atoms with van der Waals surface area (Å²) in [6.07, 6.45) is 0.951. The highest BCUT2D eigenvalue weighted by molar-refractivity contribution is 7.11. The Kier molecular flexibility index (Phi) is 5.38. The maximum atomic E-state index is 5.77. The monoisotopic (exact) mass is 292 g/mol. The molecule has 2 aromatic rings. The van der Waals surface area contributed by atoms with Crippen molar-refractivity contribution in [2.24, 2.45) is 0 Å². The Hall–Kier alpha value is -1.59. The fraction of sp³-hybridized carbons (Fsp3) is 0.400. The molecule has 1 heterocycles. The third kappa shape index (κ3) is 3.71. The van der Waals surface area contributed by atoms with Gasteiger partial charge in [-0.05, 0) is 25.6 Å². The van der Waals surface area contributed by atoms with Gasteiger partial charge in [0.15, 0.2) is 0 Å². The van der Waals surface area contributed by atoms with Crippen LogP contribution in [0.2, 0.25) is 0 Å². The van der Waals surface area contributed by atoms with Crippen LogP contribution in [0.5, 0.6) is 11.5 Å². The Labute approximate surface area is 123 Å². The number of aryl methyl sites for hydroxylation is 1. The van der Waals surface area contributed by atoms with Crippen molar-refractivity contribution in [1.82, 2.24) is 10.3 Å². The van der Waals surface area contributed by atoms with E-state index in [-0.39, 0.29) is 0 Å². The molecule has 0 atom stereocenters. The Morgan fingerprint density at radius 1 is 1.30 bits per heavy atom. The number of ether oxygens (including phenoxy) is 2. The van der Waals surface area contributed by atoms with E-state index in [9.17, 15) is 0 Å². The number of benzene rings is 1. The van der Waals surface area contributed by atoms with Crippen molar-refractivity contribution in [3.05, 3.63) is 39.8 Å². The molecule has 0 saturated heterocycles. The van der Waals surface area contributed by atoms with Crippen LogP contribution in [-0.2, 0) is 19.6 Å². The second-order valence-electron chi connectivity index (χ2n) is 4.33. The number of nitrogens with zero attached hydrogens (tertiary/aromatic N) is 1. The van der Waals surface area contributed by atoms with Crippen molar-refractivity contribution in [3.63, 3.8) is 0 Å². The first-order chi connectivity index (χ1) is 9.76. The van der Waals surface area contributed by atoms with Gasteiger partial charge in [0, 0.05) is 17.5 Å². The van der Waals surface area contributed by atoms with Crippen molar-refractivity contribution in [3.8, 4) is 11.5 Å². The molecular formula is C15H20N2O2S. The fourth-order valence-electron chi connectivity index (χ4n) is 1.91. The molecule has 4 nitrogen and oxygen atoms in total. The lowest BCUT2D eigenvalue weighted by Crippen LogP contribution is -2.05. The number of hydrogen-bond acceptors (Lipinski definition) is 5. The second-order valence-corrected chi connectivity index (χ2v) is 5.50. The molecule has 0 aliphatic carbocycles. The number of aromatic nitrogens is 1. The summed E-state index contributed by atoms with van der Waals surface area (Å²) in [6, 6.07) is 7.62. The molecule has 0 bridgehead atoms. The molecule has 0 saturated carbocycles. The smallest absolute Gasteiger partial charge is 0.140 e.